The van der Waals surface area contributed by atoms with E-state index in [2.05, 4.69) is 6.58 Å². The molecule has 0 unspecified atom stereocenters. The number of aliphatic hydroxyl groups excluding tert-OH is 2. The van der Waals surface area contributed by atoms with Gasteiger partial charge in [0.2, 0.25) is 0 Å². The fraction of sp³-hybridized carbons (Fsp3) is 0.778. The highest BCUT2D eigenvalue weighted by molar-refractivity contribution is 5.04. The fourth-order valence-electron chi connectivity index (χ4n) is 1.70. The quantitative estimate of drug-likeness (QED) is 0.587. The van der Waals surface area contributed by atoms with Gasteiger partial charge in [-0.2, -0.15) is 0 Å². The lowest BCUT2D eigenvalue weighted by Gasteiger charge is -2.28. The average molecular weight is 156 g/mol. The van der Waals surface area contributed by atoms with Crippen molar-refractivity contribution in [2.75, 3.05) is 6.61 Å². The van der Waals surface area contributed by atoms with E-state index in [0.717, 1.165) is 31.3 Å². The van der Waals surface area contributed by atoms with Gasteiger partial charge >= 0.3 is 0 Å². The molecule has 0 amide bonds. The molecule has 1 aliphatic carbocycles. The lowest BCUT2D eigenvalue weighted by molar-refractivity contribution is 0.0817. The molecule has 2 nitrogen and oxygen atoms in total. The van der Waals surface area contributed by atoms with Crippen molar-refractivity contribution in [3.8, 4) is 0 Å². The Kier molecular flexibility index (Phi) is 3.09. The van der Waals surface area contributed by atoms with Crippen LogP contribution in [-0.4, -0.2) is 22.9 Å². The largest absolute Gasteiger partial charge is 0.393 e. The van der Waals surface area contributed by atoms with Gasteiger partial charge in [-0.05, 0) is 18.4 Å². The van der Waals surface area contributed by atoms with Crippen LogP contribution in [0.2, 0.25) is 0 Å². The first-order valence-corrected chi connectivity index (χ1v) is 4.22. The molecule has 0 aliphatic heterocycles. The van der Waals surface area contributed by atoms with Crippen LogP contribution in [0.25, 0.3) is 0 Å². The molecule has 2 N–H and O–H groups in total. The monoisotopic (exact) mass is 156 g/mol. The van der Waals surface area contributed by atoms with E-state index < -0.39 is 0 Å². The van der Waals surface area contributed by atoms with Crippen LogP contribution in [0.3, 0.4) is 0 Å². The molecule has 0 bridgehead atoms. The Morgan fingerprint density at radius 3 is 2.55 bits per heavy atom. The fourth-order valence-corrected chi connectivity index (χ4v) is 1.70. The summed E-state index contributed by atoms with van der Waals surface area (Å²) >= 11 is 0. The number of hydrogen-bond donors (Lipinski definition) is 2. The highest BCUT2D eigenvalue weighted by atomic mass is 16.3. The Balaban J connectivity index is 2.47. The van der Waals surface area contributed by atoms with Crippen LogP contribution in [-0.2, 0) is 0 Å². The molecule has 1 saturated carbocycles. The Bertz CT molecular complexity index is 142. The first-order chi connectivity index (χ1) is 5.25. The molecule has 1 rings (SSSR count). The molecule has 0 saturated heterocycles. The SMILES string of the molecule is C=C(CO)[C@H]1CCCC[C@@H]1O. The molecule has 1 aliphatic rings. The number of hydrogen-bond acceptors (Lipinski definition) is 2. The van der Waals surface area contributed by atoms with Gasteiger partial charge < -0.3 is 10.2 Å². The van der Waals surface area contributed by atoms with E-state index >= 15 is 0 Å². The summed E-state index contributed by atoms with van der Waals surface area (Å²) in [5.74, 6) is 0.147. The average Bonchev–Trinajstić information content (AvgIpc) is 2.04. The lowest BCUT2D eigenvalue weighted by Crippen LogP contribution is -2.26. The summed E-state index contributed by atoms with van der Waals surface area (Å²) in [5, 5.41) is 18.3. The van der Waals surface area contributed by atoms with E-state index in [9.17, 15) is 5.11 Å². The molecule has 2 heteroatoms. The van der Waals surface area contributed by atoms with Crippen molar-refractivity contribution in [1.29, 1.82) is 0 Å². The smallest absolute Gasteiger partial charge is 0.0642 e. The Morgan fingerprint density at radius 2 is 2.00 bits per heavy atom. The highest BCUT2D eigenvalue weighted by Gasteiger charge is 2.24. The summed E-state index contributed by atoms with van der Waals surface area (Å²) in [7, 11) is 0. The van der Waals surface area contributed by atoms with Crippen molar-refractivity contribution in [1.82, 2.24) is 0 Å². The zero-order valence-corrected chi connectivity index (χ0v) is 6.79. The van der Waals surface area contributed by atoms with Crippen LogP contribution < -0.4 is 0 Å². The van der Waals surface area contributed by atoms with Crippen molar-refractivity contribution < 1.29 is 10.2 Å². The van der Waals surface area contributed by atoms with Crippen LogP contribution >= 0.6 is 0 Å². The predicted octanol–water partition coefficient (Wildman–Crippen LogP) is 1.09. The maximum atomic E-state index is 9.50. The second kappa shape index (κ2) is 3.88. The lowest BCUT2D eigenvalue weighted by atomic mass is 9.82. The summed E-state index contributed by atoms with van der Waals surface area (Å²) in [6, 6.07) is 0. The molecule has 11 heavy (non-hydrogen) atoms. The maximum absolute atomic E-state index is 9.50. The molecule has 0 aromatic rings. The van der Waals surface area contributed by atoms with E-state index in [-0.39, 0.29) is 18.6 Å². The van der Waals surface area contributed by atoms with Gasteiger partial charge in [0.05, 0.1) is 12.7 Å². The molecule has 0 spiro atoms. The Labute approximate surface area is 67.6 Å². The van der Waals surface area contributed by atoms with Crippen molar-refractivity contribution >= 4 is 0 Å². The molecule has 0 aromatic heterocycles. The summed E-state index contributed by atoms with van der Waals surface area (Å²) < 4.78 is 0. The van der Waals surface area contributed by atoms with Gasteiger partial charge in [0.25, 0.3) is 0 Å². The van der Waals surface area contributed by atoms with E-state index in [4.69, 9.17) is 5.11 Å². The highest BCUT2D eigenvalue weighted by Crippen LogP contribution is 2.28. The standard InChI is InChI=1S/C9H16O2/c1-7(6-10)8-4-2-3-5-9(8)11/h8-11H,1-6H2/t8-,9+/m1/s1. The maximum Gasteiger partial charge on any atom is 0.0642 e. The van der Waals surface area contributed by atoms with Crippen LogP contribution in [0.5, 0.6) is 0 Å². The van der Waals surface area contributed by atoms with Crippen LogP contribution in [0.4, 0.5) is 0 Å². The van der Waals surface area contributed by atoms with Crippen molar-refractivity contribution in [2.24, 2.45) is 5.92 Å². The van der Waals surface area contributed by atoms with Crippen LogP contribution in [0.1, 0.15) is 25.7 Å². The van der Waals surface area contributed by atoms with Crippen molar-refractivity contribution in [3.05, 3.63) is 12.2 Å². The minimum Gasteiger partial charge on any atom is -0.393 e. The third kappa shape index (κ3) is 2.04. The van der Waals surface area contributed by atoms with Gasteiger partial charge in [-0.3, -0.25) is 0 Å². The van der Waals surface area contributed by atoms with E-state index in [1.165, 1.54) is 0 Å². The predicted molar refractivity (Wildman–Crippen MR) is 44.2 cm³/mol. The zero-order chi connectivity index (χ0) is 8.27. The van der Waals surface area contributed by atoms with Gasteiger partial charge in [-0.25, -0.2) is 0 Å². The Morgan fingerprint density at radius 1 is 1.36 bits per heavy atom. The summed E-state index contributed by atoms with van der Waals surface area (Å²) in [5.41, 5.74) is 0.789. The Hall–Kier alpha value is -0.340. The van der Waals surface area contributed by atoms with E-state index in [1.807, 2.05) is 0 Å². The first-order valence-electron chi connectivity index (χ1n) is 4.22. The van der Waals surface area contributed by atoms with Crippen LogP contribution in [0, 0.1) is 5.92 Å². The third-order valence-corrected chi connectivity index (χ3v) is 2.46. The third-order valence-electron chi connectivity index (χ3n) is 2.46. The molecule has 1 fully saturated rings. The normalized spacial score (nSPS) is 31.8. The number of aliphatic hydroxyl groups is 2. The number of rotatable bonds is 2. The van der Waals surface area contributed by atoms with Crippen LogP contribution in [0.15, 0.2) is 12.2 Å². The molecule has 0 heterocycles. The van der Waals surface area contributed by atoms with E-state index in [1.54, 1.807) is 0 Å². The minimum absolute atomic E-state index is 0.0156. The van der Waals surface area contributed by atoms with Gasteiger partial charge in [-0.1, -0.05) is 19.4 Å². The summed E-state index contributed by atoms with van der Waals surface area (Å²) in [4.78, 5) is 0. The van der Waals surface area contributed by atoms with Gasteiger partial charge in [0.1, 0.15) is 0 Å². The molecule has 64 valence electrons. The molecular weight excluding hydrogens is 140 g/mol. The summed E-state index contributed by atoms with van der Waals surface area (Å²) in [6.07, 6.45) is 3.85. The molecule has 0 aromatic carbocycles. The molecule has 0 radical (unpaired) electrons. The van der Waals surface area contributed by atoms with Gasteiger partial charge in [0, 0.05) is 5.92 Å². The second-order valence-corrected chi connectivity index (χ2v) is 3.27. The topological polar surface area (TPSA) is 40.5 Å². The second-order valence-electron chi connectivity index (χ2n) is 3.27. The van der Waals surface area contributed by atoms with Gasteiger partial charge in [0.15, 0.2) is 0 Å². The van der Waals surface area contributed by atoms with Gasteiger partial charge in [-0.15, -0.1) is 0 Å². The van der Waals surface area contributed by atoms with Crippen molar-refractivity contribution in [3.63, 3.8) is 0 Å². The first kappa shape index (κ1) is 8.75. The zero-order valence-electron chi connectivity index (χ0n) is 6.79. The summed E-state index contributed by atoms with van der Waals surface area (Å²) in [6.45, 7) is 3.75. The molecular formula is C9H16O2. The molecule has 2 atom stereocenters. The van der Waals surface area contributed by atoms with Crippen molar-refractivity contribution in [2.45, 2.75) is 31.8 Å². The minimum atomic E-state index is -0.261. The van der Waals surface area contributed by atoms with E-state index in [0.29, 0.717) is 0 Å².